The van der Waals surface area contributed by atoms with Crippen LogP contribution in [0.4, 0.5) is 0 Å². The number of hydrogen-bond acceptors (Lipinski definition) is 1. The van der Waals surface area contributed by atoms with Crippen LogP contribution in [0.15, 0.2) is 31.4 Å². The van der Waals surface area contributed by atoms with Crippen LogP contribution in [0.1, 0.15) is 25.8 Å². The van der Waals surface area contributed by atoms with Gasteiger partial charge in [-0.1, -0.05) is 13.0 Å². The highest BCUT2D eigenvalue weighted by molar-refractivity contribution is 8.93. The minimum Gasteiger partial charge on any atom is -0.334 e. The lowest BCUT2D eigenvalue weighted by atomic mass is 10.1. The maximum Gasteiger partial charge on any atom is 0.0948 e. The number of halogens is 1. The molecule has 1 unspecified atom stereocenters. The quantitative estimate of drug-likeness (QED) is 0.728. The van der Waals surface area contributed by atoms with Gasteiger partial charge < -0.3 is 4.57 Å². The summed E-state index contributed by atoms with van der Waals surface area (Å²) in [5, 5.41) is 0. The van der Waals surface area contributed by atoms with Crippen LogP contribution in [0.5, 0.6) is 0 Å². The third-order valence-electron chi connectivity index (χ3n) is 1.86. The van der Waals surface area contributed by atoms with Crippen LogP contribution in [-0.2, 0) is 0 Å². The highest BCUT2D eigenvalue weighted by Gasteiger charge is 2.03. The average molecular weight is 231 g/mol. The van der Waals surface area contributed by atoms with Crippen molar-refractivity contribution in [2.24, 2.45) is 0 Å². The fourth-order valence-electron chi connectivity index (χ4n) is 1.18. The van der Waals surface area contributed by atoms with E-state index in [2.05, 4.69) is 23.1 Å². The molecule has 0 saturated carbocycles. The summed E-state index contributed by atoms with van der Waals surface area (Å²) in [6, 6.07) is 0.537. The summed E-state index contributed by atoms with van der Waals surface area (Å²) in [6.07, 6.45) is 9.77. The molecule has 0 spiro atoms. The second-order valence-corrected chi connectivity index (χ2v) is 2.60. The molecule has 1 aromatic heterocycles. The Morgan fingerprint density at radius 3 is 2.83 bits per heavy atom. The summed E-state index contributed by atoms with van der Waals surface area (Å²) in [6.45, 7) is 5.90. The van der Waals surface area contributed by atoms with Gasteiger partial charge >= 0.3 is 0 Å². The van der Waals surface area contributed by atoms with E-state index in [1.807, 2.05) is 24.8 Å². The lowest BCUT2D eigenvalue weighted by molar-refractivity contribution is 0.491. The van der Waals surface area contributed by atoms with E-state index in [1.165, 1.54) is 0 Å². The Labute approximate surface area is 84.1 Å². The van der Waals surface area contributed by atoms with E-state index in [1.54, 1.807) is 0 Å². The average Bonchev–Trinajstić information content (AvgIpc) is 2.52. The zero-order valence-electron chi connectivity index (χ0n) is 7.31. The summed E-state index contributed by atoms with van der Waals surface area (Å²) >= 11 is 0. The normalized spacial score (nSPS) is 11.8. The molecule has 0 aliphatic rings. The van der Waals surface area contributed by atoms with Gasteiger partial charge in [0, 0.05) is 18.4 Å². The van der Waals surface area contributed by atoms with Gasteiger partial charge in [-0.05, 0) is 12.8 Å². The van der Waals surface area contributed by atoms with Gasteiger partial charge in [-0.3, -0.25) is 0 Å². The van der Waals surface area contributed by atoms with Crippen LogP contribution in [0, 0.1) is 0 Å². The van der Waals surface area contributed by atoms with Crippen molar-refractivity contribution in [2.45, 2.75) is 25.8 Å². The first kappa shape index (κ1) is 11.4. The SMILES string of the molecule is Br.C=CCC(CC)n1ccnc1. The number of imidazole rings is 1. The van der Waals surface area contributed by atoms with E-state index >= 15 is 0 Å². The lowest BCUT2D eigenvalue weighted by Gasteiger charge is -2.13. The maximum atomic E-state index is 4.00. The first-order valence-corrected chi connectivity index (χ1v) is 3.96. The van der Waals surface area contributed by atoms with E-state index in [0.29, 0.717) is 6.04 Å². The van der Waals surface area contributed by atoms with Crippen molar-refractivity contribution in [1.82, 2.24) is 9.55 Å². The van der Waals surface area contributed by atoms with Gasteiger partial charge in [0.2, 0.25) is 0 Å². The van der Waals surface area contributed by atoms with Gasteiger partial charge in [-0.15, -0.1) is 23.6 Å². The van der Waals surface area contributed by atoms with Crippen molar-refractivity contribution >= 4 is 17.0 Å². The summed E-state index contributed by atoms with van der Waals surface area (Å²) in [5.41, 5.74) is 0. The molecule has 0 bridgehead atoms. The zero-order chi connectivity index (χ0) is 8.10. The van der Waals surface area contributed by atoms with Gasteiger partial charge in [-0.25, -0.2) is 4.98 Å². The molecule has 0 radical (unpaired) electrons. The van der Waals surface area contributed by atoms with Crippen LogP contribution >= 0.6 is 17.0 Å². The summed E-state index contributed by atoms with van der Waals surface area (Å²) in [4.78, 5) is 4.00. The topological polar surface area (TPSA) is 17.8 Å². The zero-order valence-corrected chi connectivity index (χ0v) is 9.02. The van der Waals surface area contributed by atoms with Gasteiger partial charge in [0.15, 0.2) is 0 Å². The highest BCUT2D eigenvalue weighted by Crippen LogP contribution is 2.14. The van der Waals surface area contributed by atoms with E-state index < -0.39 is 0 Å². The molecule has 1 rings (SSSR count). The maximum absolute atomic E-state index is 4.00. The second kappa shape index (κ2) is 6.00. The standard InChI is InChI=1S/C9H14N2.BrH/c1-3-5-9(4-2)11-7-6-10-8-11;/h3,6-9H,1,4-5H2,2H3;1H. The molecule has 0 N–H and O–H groups in total. The molecule has 1 atom stereocenters. The van der Waals surface area contributed by atoms with E-state index in [-0.39, 0.29) is 17.0 Å². The van der Waals surface area contributed by atoms with Crippen molar-refractivity contribution in [3.05, 3.63) is 31.4 Å². The number of nitrogens with zero attached hydrogens (tertiary/aromatic N) is 2. The molecule has 12 heavy (non-hydrogen) atoms. The van der Waals surface area contributed by atoms with Crippen molar-refractivity contribution in [2.75, 3.05) is 0 Å². The van der Waals surface area contributed by atoms with Crippen molar-refractivity contribution in [3.63, 3.8) is 0 Å². The van der Waals surface area contributed by atoms with E-state index in [9.17, 15) is 0 Å². The molecule has 3 heteroatoms. The number of allylic oxidation sites excluding steroid dienone is 1. The van der Waals surface area contributed by atoms with E-state index in [0.717, 1.165) is 12.8 Å². The van der Waals surface area contributed by atoms with Crippen molar-refractivity contribution in [3.8, 4) is 0 Å². The number of rotatable bonds is 4. The first-order valence-electron chi connectivity index (χ1n) is 3.96. The Morgan fingerprint density at radius 1 is 1.67 bits per heavy atom. The molecule has 0 amide bonds. The van der Waals surface area contributed by atoms with Crippen LogP contribution < -0.4 is 0 Å². The Balaban J connectivity index is 0.00000121. The second-order valence-electron chi connectivity index (χ2n) is 2.60. The Hall–Kier alpha value is -0.570. The molecule has 0 aliphatic heterocycles. The molecule has 0 fully saturated rings. The Bertz CT molecular complexity index is 206. The Morgan fingerprint density at radius 2 is 2.42 bits per heavy atom. The molecular formula is C9H15BrN2. The van der Waals surface area contributed by atoms with Crippen LogP contribution in [0.25, 0.3) is 0 Å². The molecule has 0 saturated heterocycles. The predicted octanol–water partition coefficient (Wildman–Crippen LogP) is 2.99. The largest absolute Gasteiger partial charge is 0.334 e. The van der Waals surface area contributed by atoms with Crippen molar-refractivity contribution < 1.29 is 0 Å². The molecule has 0 aliphatic carbocycles. The van der Waals surface area contributed by atoms with Gasteiger partial charge in [0.05, 0.1) is 6.33 Å². The van der Waals surface area contributed by atoms with Crippen LogP contribution in [0.3, 0.4) is 0 Å². The van der Waals surface area contributed by atoms with Gasteiger partial charge in [0.1, 0.15) is 0 Å². The molecule has 1 aromatic rings. The van der Waals surface area contributed by atoms with Crippen LogP contribution in [0.2, 0.25) is 0 Å². The van der Waals surface area contributed by atoms with Gasteiger partial charge in [0.25, 0.3) is 0 Å². The lowest BCUT2D eigenvalue weighted by Crippen LogP contribution is -2.03. The summed E-state index contributed by atoms with van der Waals surface area (Å²) in [7, 11) is 0. The minimum absolute atomic E-state index is 0. The number of hydrogen-bond donors (Lipinski definition) is 0. The van der Waals surface area contributed by atoms with Crippen LogP contribution in [-0.4, -0.2) is 9.55 Å². The van der Waals surface area contributed by atoms with Crippen molar-refractivity contribution in [1.29, 1.82) is 0 Å². The fraction of sp³-hybridized carbons (Fsp3) is 0.444. The third-order valence-corrected chi connectivity index (χ3v) is 1.86. The number of aromatic nitrogens is 2. The van der Waals surface area contributed by atoms with Gasteiger partial charge in [-0.2, -0.15) is 0 Å². The summed E-state index contributed by atoms with van der Waals surface area (Å²) < 4.78 is 2.13. The monoisotopic (exact) mass is 230 g/mol. The predicted molar refractivity (Wildman–Crippen MR) is 56.7 cm³/mol. The molecule has 68 valence electrons. The first-order chi connectivity index (χ1) is 5.38. The molecule has 2 nitrogen and oxygen atoms in total. The highest BCUT2D eigenvalue weighted by atomic mass is 79.9. The molecule has 0 aromatic carbocycles. The molecular weight excluding hydrogens is 216 g/mol. The molecule has 1 heterocycles. The smallest absolute Gasteiger partial charge is 0.0948 e. The summed E-state index contributed by atoms with van der Waals surface area (Å²) in [5.74, 6) is 0. The minimum atomic E-state index is 0. The third kappa shape index (κ3) is 2.81. The fourth-order valence-corrected chi connectivity index (χ4v) is 1.18. The Kier molecular flexibility index (Phi) is 5.72. The van der Waals surface area contributed by atoms with E-state index in [4.69, 9.17) is 0 Å².